The molecule has 4 heteroatoms. The Morgan fingerprint density at radius 1 is 1.43 bits per heavy atom. The molecule has 0 atom stereocenters. The first kappa shape index (κ1) is 9.02. The molecule has 1 heterocycles. The van der Waals surface area contributed by atoms with Gasteiger partial charge in [0, 0.05) is 28.6 Å². The number of amidine groups is 1. The van der Waals surface area contributed by atoms with Crippen LogP contribution in [-0.2, 0) is 0 Å². The van der Waals surface area contributed by atoms with Gasteiger partial charge in [0.15, 0.2) is 0 Å². The Labute approximate surface area is 86.4 Å². The molecular formula is C10H9N3S. The third kappa shape index (κ3) is 1.56. The van der Waals surface area contributed by atoms with Crippen molar-refractivity contribution >= 4 is 30.1 Å². The molecule has 1 aliphatic rings. The number of nitrogens with one attached hydrogen (secondary N) is 1. The van der Waals surface area contributed by atoms with Crippen molar-refractivity contribution in [1.29, 1.82) is 5.41 Å². The number of hydrogen-bond acceptors (Lipinski definition) is 3. The lowest BCUT2D eigenvalue weighted by atomic mass is 10.1. The predicted molar refractivity (Wildman–Crippen MR) is 60.8 cm³/mol. The van der Waals surface area contributed by atoms with Crippen LogP contribution >= 0.6 is 11.9 Å². The highest BCUT2D eigenvalue weighted by atomic mass is 32.2. The topological polar surface area (TPSA) is 62.2 Å². The first-order valence-electron chi connectivity index (χ1n) is 4.13. The second-order valence-electron chi connectivity index (χ2n) is 2.84. The summed E-state index contributed by atoms with van der Waals surface area (Å²) in [4.78, 5) is 0.949. The van der Waals surface area contributed by atoms with Crippen LogP contribution in [0.25, 0.3) is 6.08 Å². The zero-order chi connectivity index (χ0) is 9.97. The molecular weight excluding hydrogens is 194 g/mol. The molecule has 3 nitrogen and oxygen atoms in total. The fraction of sp³-hybridized carbons (Fsp3) is 0. The molecule has 0 saturated carbocycles. The summed E-state index contributed by atoms with van der Waals surface area (Å²) in [6.07, 6.45) is 5.57. The monoisotopic (exact) mass is 203 g/mol. The SMILES string of the molecule is N=C(N)c1cccc2c1SN=CC=C2. The molecule has 0 aliphatic carbocycles. The van der Waals surface area contributed by atoms with Crippen LogP contribution in [0.1, 0.15) is 11.1 Å². The molecule has 0 aromatic heterocycles. The van der Waals surface area contributed by atoms with Crippen molar-refractivity contribution in [2.24, 2.45) is 10.1 Å². The molecule has 14 heavy (non-hydrogen) atoms. The normalized spacial score (nSPS) is 13.4. The number of nitrogens with zero attached hydrogens (tertiary/aromatic N) is 1. The maximum atomic E-state index is 7.44. The summed E-state index contributed by atoms with van der Waals surface area (Å²) in [5, 5.41) is 7.44. The molecule has 0 fully saturated rings. The van der Waals surface area contributed by atoms with E-state index in [1.165, 1.54) is 11.9 Å². The lowest BCUT2D eigenvalue weighted by Gasteiger charge is -2.06. The van der Waals surface area contributed by atoms with Crippen molar-refractivity contribution in [3.05, 3.63) is 35.4 Å². The summed E-state index contributed by atoms with van der Waals surface area (Å²) in [5.74, 6) is 0.0832. The highest BCUT2D eigenvalue weighted by Gasteiger charge is 2.10. The third-order valence-electron chi connectivity index (χ3n) is 1.90. The van der Waals surface area contributed by atoms with E-state index >= 15 is 0 Å². The van der Waals surface area contributed by atoms with E-state index in [1.54, 1.807) is 6.21 Å². The van der Waals surface area contributed by atoms with Crippen molar-refractivity contribution in [3.8, 4) is 0 Å². The Morgan fingerprint density at radius 3 is 3.07 bits per heavy atom. The summed E-state index contributed by atoms with van der Waals surface area (Å²) in [7, 11) is 0. The quantitative estimate of drug-likeness (QED) is 0.417. The number of allylic oxidation sites excluding steroid dienone is 1. The summed E-state index contributed by atoms with van der Waals surface area (Å²) in [5.41, 5.74) is 7.29. The van der Waals surface area contributed by atoms with Gasteiger partial charge in [-0.25, -0.2) is 4.40 Å². The Hall–Kier alpha value is -1.55. The number of fused-ring (bicyclic) bond motifs is 1. The van der Waals surface area contributed by atoms with Crippen molar-refractivity contribution in [2.75, 3.05) is 0 Å². The van der Waals surface area contributed by atoms with Gasteiger partial charge in [0.25, 0.3) is 0 Å². The van der Waals surface area contributed by atoms with Crippen LogP contribution in [-0.4, -0.2) is 12.1 Å². The van der Waals surface area contributed by atoms with Crippen LogP contribution in [0.15, 0.2) is 33.6 Å². The van der Waals surface area contributed by atoms with Gasteiger partial charge in [-0.3, -0.25) is 5.41 Å². The number of hydrogen-bond donors (Lipinski definition) is 2. The average Bonchev–Trinajstić information content (AvgIpc) is 2.41. The zero-order valence-electron chi connectivity index (χ0n) is 7.40. The average molecular weight is 203 g/mol. The smallest absolute Gasteiger partial charge is 0.124 e. The number of nitrogens with two attached hydrogens (primary N) is 1. The van der Waals surface area contributed by atoms with Gasteiger partial charge in [-0.05, 0) is 11.6 Å². The van der Waals surface area contributed by atoms with Crippen LogP contribution in [0.2, 0.25) is 0 Å². The Balaban J connectivity index is 2.61. The van der Waals surface area contributed by atoms with E-state index in [2.05, 4.69) is 4.40 Å². The minimum absolute atomic E-state index is 0.0832. The Kier molecular flexibility index (Phi) is 2.37. The van der Waals surface area contributed by atoms with Gasteiger partial charge >= 0.3 is 0 Å². The predicted octanol–water partition coefficient (Wildman–Crippen LogP) is 2.08. The molecule has 0 bridgehead atoms. The molecule has 0 saturated heterocycles. The first-order chi connectivity index (χ1) is 6.79. The third-order valence-corrected chi connectivity index (χ3v) is 2.77. The molecule has 0 amide bonds. The minimum atomic E-state index is 0.0832. The molecule has 0 unspecified atom stereocenters. The van der Waals surface area contributed by atoms with Gasteiger partial charge < -0.3 is 5.73 Å². The van der Waals surface area contributed by atoms with E-state index in [0.717, 1.165) is 16.0 Å². The van der Waals surface area contributed by atoms with Crippen LogP contribution in [0.3, 0.4) is 0 Å². The molecule has 70 valence electrons. The molecule has 1 aromatic rings. The maximum absolute atomic E-state index is 7.44. The highest BCUT2D eigenvalue weighted by Crippen LogP contribution is 2.29. The van der Waals surface area contributed by atoms with Crippen LogP contribution < -0.4 is 5.73 Å². The number of rotatable bonds is 1. The van der Waals surface area contributed by atoms with Gasteiger partial charge in [0.2, 0.25) is 0 Å². The largest absolute Gasteiger partial charge is 0.384 e. The van der Waals surface area contributed by atoms with E-state index in [4.69, 9.17) is 11.1 Å². The summed E-state index contributed by atoms with van der Waals surface area (Å²) in [6.45, 7) is 0. The molecule has 0 spiro atoms. The van der Waals surface area contributed by atoms with E-state index in [9.17, 15) is 0 Å². The molecule has 1 aliphatic heterocycles. The van der Waals surface area contributed by atoms with E-state index < -0.39 is 0 Å². The highest BCUT2D eigenvalue weighted by molar-refractivity contribution is 7.98. The van der Waals surface area contributed by atoms with Crippen LogP contribution in [0.4, 0.5) is 0 Å². The van der Waals surface area contributed by atoms with Crippen LogP contribution in [0, 0.1) is 5.41 Å². The first-order valence-corrected chi connectivity index (χ1v) is 4.91. The van der Waals surface area contributed by atoms with Gasteiger partial charge in [-0.15, -0.1) is 0 Å². The van der Waals surface area contributed by atoms with Gasteiger partial charge in [0.1, 0.15) is 5.84 Å². The summed E-state index contributed by atoms with van der Waals surface area (Å²) in [6, 6.07) is 5.72. The lowest BCUT2D eigenvalue weighted by Crippen LogP contribution is -2.12. The van der Waals surface area contributed by atoms with Gasteiger partial charge in [0.05, 0.1) is 0 Å². The number of benzene rings is 1. The maximum Gasteiger partial charge on any atom is 0.124 e. The molecule has 0 radical (unpaired) electrons. The van der Waals surface area contributed by atoms with E-state index in [1.807, 2.05) is 30.4 Å². The molecule has 1 aromatic carbocycles. The van der Waals surface area contributed by atoms with Crippen LogP contribution in [0.5, 0.6) is 0 Å². The fourth-order valence-corrected chi connectivity index (χ4v) is 2.02. The second kappa shape index (κ2) is 3.67. The summed E-state index contributed by atoms with van der Waals surface area (Å²) >= 11 is 1.35. The van der Waals surface area contributed by atoms with Gasteiger partial charge in [-0.1, -0.05) is 24.3 Å². The molecule has 2 rings (SSSR count). The fourth-order valence-electron chi connectivity index (χ4n) is 1.27. The van der Waals surface area contributed by atoms with Crippen molar-refractivity contribution in [2.45, 2.75) is 4.90 Å². The van der Waals surface area contributed by atoms with Crippen molar-refractivity contribution < 1.29 is 0 Å². The Morgan fingerprint density at radius 2 is 2.29 bits per heavy atom. The van der Waals surface area contributed by atoms with Crippen molar-refractivity contribution in [1.82, 2.24) is 0 Å². The number of nitrogen functional groups attached to an aromatic ring is 1. The zero-order valence-corrected chi connectivity index (χ0v) is 8.21. The minimum Gasteiger partial charge on any atom is -0.384 e. The van der Waals surface area contributed by atoms with E-state index in [-0.39, 0.29) is 5.84 Å². The summed E-state index contributed by atoms with van der Waals surface area (Å²) < 4.78 is 4.11. The molecule has 3 N–H and O–H groups in total. The standard InChI is InChI=1S/C10H9N3S/c11-10(12)8-5-1-3-7-4-2-6-13-14-9(7)8/h1-6H,(H3,11,12). The van der Waals surface area contributed by atoms with Gasteiger partial charge in [-0.2, -0.15) is 0 Å². The van der Waals surface area contributed by atoms with E-state index in [0.29, 0.717) is 0 Å². The van der Waals surface area contributed by atoms with Crippen molar-refractivity contribution in [3.63, 3.8) is 0 Å². The second-order valence-corrected chi connectivity index (χ2v) is 3.64. The Bertz CT molecular complexity index is 435. The lowest BCUT2D eigenvalue weighted by molar-refractivity contribution is 1.33.